The lowest BCUT2D eigenvalue weighted by atomic mass is 9.95. The van der Waals surface area contributed by atoms with E-state index in [1.807, 2.05) is 6.26 Å². The lowest BCUT2D eigenvalue weighted by Gasteiger charge is -2.22. The average Bonchev–Trinajstić information content (AvgIpc) is 2.16. The van der Waals surface area contributed by atoms with Gasteiger partial charge in [0.25, 0.3) is 0 Å². The van der Waals surface area contributed by atoms with Crippen molar-refractivity contribution in [3.63, 3.8) is 0 Å². The van der Waals surface area contributed by atoms with Gasteiger partial charge in [-0.25, -0.2) is 4.79 Å². The van der Waals surface area contributed by atoms with E-state index >= 15 is 0 Å². The van der Waals surface area contributed by atoms with Crippen molar-refractivity contribution >= 4 is 29.3 Å². The Labute approximate surface area is 113 Å². The minimum atomic E-state index is -0.319. The molecule has 0 saturated carbocycles. The number of esters is 1. The monoisotopic (exact) mass is 276 g/mol. The Morgan fingerprint density at radius 1 is 1.41 bits per heavy atom. The number of halogens is 1. The summed E-state index contributed by atoms with van der Waals surface area (Å²) in [5.74, 6) is -0.319. The number of thioether (sulfide) groups is 1. The van der Waals surface area contributed by atoms with Gasteiger partial charge in [-0.2, -0.15) is 0 Å². The Morgan fingerprint density at radius 2 is 1.94 bits per heavy atom. The first-order valence-corrected chi connectivity index (χ1v) is 7.14. The van der Waals surface area contributed by atoms with E-state index in [2.05, 4.69) is 20.8 Å². The van der Waals surface area contributed by atoms with Crippen LogP contribution in [0.1, 0.15) is 34.6 Å². The molecule has 0 atom stereocenters. The number of ether oxygens (including phenoxy) is 1. The van der Waals surface area contributed by atoms with E-state index in [0.717, 1.165) is 4.91 Å². The van der Waals surface area contributed by atoms with Gasteiger partial charge in [0.05, 0.1) is 11.6 Å². The summed E-state index contributed by atoms with van der Waals surface area (Å²) in [6.07, 6.45) is 3.66. The van der Waals surface area contributed by atoms with Crippen LogP contribution < -0.4 is 0 Å². The second-order valence-electron chi connectivity index (χ2n) is 4.68. The number of carbonyl (C=O) groups is 1. The number of hydrogen-bond donors (Lipinski definition) is 0. The maximum absolute atomic E-state index is 11.5. The van der Waals surface area contributed by atoms with Crippen LogP contribution in [0, 0.1) is 5.41 Å². The van der Waals surface area contributed by atoms with Gasteiger partial charge in [0, 0.05) is 10.5 Å². The minimum Gasteiger partial charge on any atom is -0.463 e. The molecule has 0 fully saturated rings. The van der Waals surface area contributed by atoms with Crippen molar-refractivity contribution in [2.24, 2.45) is 5.41 Å². The third kappa shape index (κ3) is 5.64. The highest BCUT2D eigenvalue weighted by molar-refractivity contribution is 8.02. The molecular weight excluding hydrogens is 256 g/mol. The van der Waals surface area contributed by atoms with Gasteiger partial charge in [-0.15, -0.1) is 11.8 Å². The number of rotatable bonds is 4. The van der Waals surface area contributed by atoms with Crippen LogP contribution in [-0.4, -0.2) is 18.8 Å². The molecule has 0 aromatic heterocycles. The van der Waals surface area contributed by atoms with Gasteiger partial charge < -0.3 is 4.74 Å². The molecule has 0 aromatic carbocycles. The molecule has 0 radical (unpaired) electrons. The molecule has 2 nitrogen and oxygen atoms in total. The Balaban J connectivity index is 5.15. The summed E-state index contributed by atoms with van der Waals surface area (Å²) in [5.41, 5.74) is 0.495. The molecule has 4 heteroatoms. The zero-order valence-electron chi connectivity index (χ0n) is 11.4. The van der Waals surface area contributed by atoms with E-state index in [9.17, 15) is 4.79 Å². The van der Waals surface area contributed by atoms with Gasteiger partial charge in [0.15, 0.2) is 0 Å². The van der Waals surface area contributed by atoms with E-state index in [1.54, 1.807) is 31.7 Å². The van der Waals surface area contributed by atoms with Gasteiger partial charge in [0.2, 0.25) is 0 Å². The summed E-state index contributed by atoms with van der Waals surface area (Å²) in [6, 6.07) is 0. The smallest absolute Gasteiger partial charge is 0.333 e. The molecular formula is C13H21ClO2S. The maximum Gasteiger partial charge on any atom is 0.333 e. The highest BCUT2D eigenvalue weighted by atomic mass is 35.5. The Bertz CT molecular complexity index is 338. The van der Waals surface area contributed by atoms with Crippen molar-refractivity contribution in [2.45, 2.75) is 34.6 Å². The second-order valence-corrected chi connectivity index (χ2v) is 5.90. The van der Waals surface area contributed by atoms with Gasteiger partial charge >= 0.3 is 5.97 Å². The standard InChI is InChI=1S/C13H21ClO2S/c1-7-16-12(15)9(2)8-10(14)11(17-6)13(3,4)5/h8H,7H2,1-6H3/b9-8+,11-10+. The molecule has 0 rings (SSSR count). The van der Waals surface area contributed by atoms with Crippen LogP contribution >= 0.6 is 23.4 Å². The summed E-state index contributed by atoms with van der Waals surface area (Å²) >= 11 is 7.85. The van der Waals surface area contributed by atoms with E-state index < -0.39 is 0 Å². The molecule has 0 bridgehead atoms. The largest absolute Gasteiger partial charge is 0.463 e. The predicted octanol–water partition coefficient (Wildman–Crippen LogP) is 4.36. The normalized spacial score (nSPS) is 14.4. The molecule has 0 aliphatic heterocycles. The molecule has 98 valence electrons. The maximum atomic E-state index is 11.5. The molecule has 0 N–H and O–H groups in total. The highest BCUT2D eigenvalue weighted by Gasteiger charge is 2.19. The average molecular weight is 277 g/mol. The fraction of sp³-hybridized carbons (Fsp3) is 0.615. The zero-order valence-corrected chi connectivity index (χ0v) is 13.0. The number of carbonyl (C=O) groups excluding carboxylic acids is 1. The van der Waals surface area contributed by atoms with E-state index in [1.165, 1.54) is 0 Å². The molecule has 0 aromatic rings. The third-order valence-corrected chi connectivity index (χ3v) is 3.69. The molecule has 0 saturated heterocycles. The first kappa shape index (κ1) is 16.6. The van der Waals surface area contributed by atoms with Crippen molar-refractivity contribution in [3.05, 3.63) is 21.6 Å². The quantitative estimate of drug-likeness (QED) is 0.434. The van der Waals surface area contributed by atoms with Gasteiger partial charge in [-0.1, -0.05) is 32.4 Å². The van der Waals surface area contributed by atoms with Crippen molar-refractivity contribution in [2.75, 3.05) is 12.9 Å². The molecule has 0 heterocycles. The molecule has 0 amide bonds. The minimum absolute atomic E-state index is 0.0259. The molecule has 0 aliphatic carbocycles. The lowest BCUT2D eigenvalue weighted by Crippen LogP contribution is -2.09. The lowest BCUT2D eigenvalue weighted by molar-refractivity contribution is -0.138. The fourth-order valence-electron chi connectivity index (χ4n) is 1.32. The van der Waals surface area contributed by atoms with Crippen LogP contribution in [-0.2, 0) is 9.53 Å². The predicted molar refractivity (Wildman–Crippen MR) is 76.2 cm³/mol. The van der Waals surface area contributed by atoms with Crippen LogP contribution in [0.25, 0.3) is 0 Å². The number of hydrogen-bond acceptors (Lipinski definition) is 3. The summed E-state index contributed by atoms with van der Waals surface area (Å²) in [6.45, 7) is 10.1. The first-order valence-electron chi connectivity index (χ1n) is 5.53. The van der Waals surface area contributed by atoms with Crippen molar-refractivity contribution < 1.29 is 9.53 Å². The van der Waals surface area contributed by atoms with Crippen LogP contribution in [0.5, 0.6) is 0 Å². The molecule has 0 spiro atoms. The molecule has 0 unspecified atom stereocenters. The SMILES string of the molecule is CCOC(=O)/C(C)=C/C(Cl)=C(\SC)C(C)(C)C. The summed E-state index contributed by atoms with van der Waals surface area (Å²) < 4.78 is 4.91. The van der Waals surface area contributed by atoms with Crippen molar-refractivity contribution in [1.82, 2.24) is 0 Å². The van der Waals surface area contributed by atoms with Gasteiger partial charge in [-0.05, 0) is 31.6 Å². The summed E-state index contributed by atoms with van der Waals surface area (Å²) in [4.78, 5) is 12.5. The Hall–Kier alpha value is -0.410. The van der Waals surface area contributed by atoms with E-state index in [0.29, 0.717) is 17.2 Å². The highest BCUT2D eigenvalue weighted by Crippen LogP contribution is 2.37. The second kappa shape index (κ2) is 7.12. The summed E-state index contributed by atoms with van der Waals surface area (Å²) in [5, 5.41) is 0.607. The van der Waals surface area contributed by atoms with Crippen LogP contribution in [0.3, 0.4) is 0 Å². The van der Waals surface area contributed by atoms with Gasteiger partial charge in [-0.3, -0.25) is 0 Å². The fourth-order valence-corrected chi connectivity index (χ4v) is 2.87. The summed E-state index contributed by atoms with van der Waals surface area (Å²) in [7, 11) is 0. The van der Waals surface area contributed by atoms with E-state index in [4.69, 9.17) is 16.3 Å². The Morgan fingerprint density at radius 3 is 2.29 bits per heavy atom. The van der Waals surface area contributed by atoms with Crippen molar-refractivity contribution in [3.8, 4) is 0 Å². The van der Waals surface area contributed by atoms with Crippen LogP contribution in [0.4, 0.5) is 0 Å². The van der Waals surface area contributed by atoms with Crippen LogP contribution in [0.2, 0.25) is 0 Å². The number of allylic oxidation sites excluding steroid dienone is 3. The molecule has 0 aliphatic rings. The Kier molecular flexibility index (Phi) is 6.95. The zero-order chi connectivity index (χ0) is 13.6. The van der Waals surface area contributed by atoms with E-state index in [-0.39, 0.29) is 11.4 Å². The van der Waals surface area contributed by atoms with Gasteiger partial charge in [0.1, 0.15) is 0 Å². The van der Waals surface area contributed by atoms with Crippen LogP contribution in [0.15, 0.2) is 21.6 Å². The van der Waals surface area contributed by atoms with Crippen molar-refractivity contribution in [1.29, 1.82) is 0 Å². The topological polar surface area (TPSA) is 26.3 Å². The first-order chi connectivity index (χ1) is 7.73. The third-order valence-electron chi connectivity index (χ3n) is 2.04. The molecule has 17 heavy (non-hydrogen) atoms.